The molecule has 0 spiro atoms. The first kappa shape index (κ1) is 41.7. The lowest BCUT2D eigenvalue weighted by atomic mass is 10.0. The summed E-state index contributed by atoms with van der Waals surface area (Å²) >= 11 is 0. The molecule has 3 N–H and O–H groups in total. The van der Waals surface area contributed by atoms with E-state index < -0.39 is 36.8 Å². The SMILES string of the molecule is O=C(Cc1ccc(-c2ccn3ncnc3c2)cc1)Nc1ccc(N2CC(F)(F)C2)c(F)c1.O=C(Cc1ccc(-c2ccn3ncnc3c2)cc1)Nc1ccc(N2CCC(O)C2)c(F)c1. The number of benzene rings is 4. The van der Waals surface area contributed by atoms with Gasteiger partial charge in [0.15, 0.2) is 11.3 Å². The van der Waals surface area contributed by atoms with Gasteiger partial charge in [0.2, 0.25) is 11.8 Å². The van der Waals surface area contributed by atoms with Gasteiger partial charge in [-0.15, -0.1) is 0 Å². The lowest BCUT2D eigenvalue weighted by Gasteiger charge is -2.40. The van der Waals surface area contributed by atoms with Crippen LogP contribution in [0.15, 0.2) is 134 Å². The highest BCUT2D eigenvalue weighted by atomic mass is 19.3. The van der Waals surface area contributed by atoms with Crippen molar-refractivity contribution in [1.82, 2.24) is 29.2 Å². The summed E-state index contributed by atoms with van der Waals surface area (Å²) in [6, 6.07) is 31.8. The lowest BCUT2D eigenvalue weighted by molar-refractivity contribution is -0.116. The monoisotopic (exact) mass is 868 g/mol. The van der Waals surface area contributed by atoms with Gasteiger partial charge in [-0.3, -0.25) is 9.59 Å². The van der Waals surface area contributed by atoms with Gasteiger partial charge in [-0.1, -0.05) is 48.5 Å². The molecule has 324 valence electrons. The normalized spacial score (nSPS) is 15.4. The molecule has 2 fully saturated rings. The zero-order valence-corrected chi connectivity index (χ0v) is 34.1. The van der Waals surface area contributed by atoms with Crippen LogP contribution < -0.4 is 20.4 Å². The summed E-state index contributed by atoms with van der Waals surface area (Å²) in [5.74, 6) is -4.35. The van der Waals surface area contributed by atoms with E-state index in [0.717, 1.165) is 50.7 Å². The first-order chi connectivity index (χ1) is 30.9. The number of anilines is 4. The molecule has 2 aliphatic heterocycles. The Hall–Kier alpha value is -7.66. The molecule has 10 rings (SSSR count). The topological polar surface area (TPSA) is 145 Å². The number of rotatable bonds is 10. The van der Waals surface area contributed by atoms with E-state index in [9.17, 15) is 32.3 Å². The number of nitrogens with one attached hydrogen (secondary N) is 2. The van der Waals surface area contributed by atoms with E-state index in [1.165, 1.54) is 35.8 Å². The number of carbonyl (C=O) groups excluding carboxylic acids is 2. The summed E-state index contributed by atoms with van der Waals surface area (Å²) in [5.41, 5.74) is 8.41. The van der Waals surface area contributed by atoms with Crippen LogP contribution in [0.3, 0.4) is 0 Å². The van der Waals surface area contributed by atoms with Crippen LogP contribution >= 0.6 is 0 Å². The molecule has 17 heteroatoms. The minimum absolute atomic E-state index is 0.105. The Morgan fingerprint density at radius 1 is 0.625 bits per heavy atom. The highest BCUT2D eigenvalue weighted by Gasteiger charge is 2.44. The minimum atomic E-state index is -2.78. The summed E-state index contributed by atoms with van der Waals surface area (Å²) in [6.07, 6.45) is 7.20. The van der Waals surface area contributed by atoms with Crippen LogP contribution in [-0.2, 0) is 22.4 Å². The Morgan fingerprint density at radius 3 is 1.52 bits per heavy atom. The largest absolute Gasteiger partial charge is 0.391 e. The number of β-amino-alcohol motifs (C(OH)–C–C–N with tert-alkyl or cyclic N) is 1. The fourth-order valence-corrected chi connectivity index (χ4v) is 7.73. The van der Waals surface area contributed by atoms with E-state index >= 15 is 0 Å². The van der Waals surface area contributed by atoms with E-state index in [2.05, 4.69) is 30.8 Å². The Labute approximate surface area is 363 Å². The van der Waals surface area contributed by atoms with Crippen LogP contribution in [0.4, 0.5) is 40.3 Å². The van der Waals surface area contributed by atoms with Crippen molar-refractivity contribution in [2.45, 2.75) is 31.3 Å². The molecule has 6 heterocycles. The summed E-state index contributed by atoms with van der Waals surface area (Å²) in [6.45, 7) is 0.0367. The van der Waals surface area contributed by atoms with E-state index in [0.29, 0.717) is 30.9 Å². The predicted molar refractivity (Wildman–Crippen MR) is 234 cm³/mol. The zero-order valence-electron chi connectivity index (χ0n) is 34.1. The maximum atomic E-state index is 14.5. The van der Waals surface area contributed by atoms with Crippen LogP contribution in [-0.4, -0.2) is 84.3 Å². The first-order valence-electron chi connectivity index (χ1n) is 20.4. The standard InChI is InChI=1S/C24H22FN5O2.C23H18F3N5O/c25-21-13-19(5-6-22(21)29-9-8-20(31)14-29)28-24(32)11-16-1-3-17(4-2-16)18-7-10-30-23(12-18)26-15-27-30;24-19-11-18(5-6-20(19)30-12-23(25,26)13-30)29-22(32)9-15-1-3-16(4-2-15)17-7-8-31-21(10-17)27-14-28-31/h1-7,10,12-13,15,20,31H,8-9,11,14H2,(H,28,32);1-8,10-11,14H,9,12-13H2,(H,29,32). The van der Waals surface area contributed by atoms with Gasteiger partial charge < -0.3 is 25.5 Å². The van der Waals surface area contributed by atoms with Gasteiger partial charge in [0.25, 0.3) is 5.92 Å². The second kappa shape index (κ2) is 17.6. The number of hydrogen-bond donors (Lipinski definition) is 3. The third-order valence-electron chi connectivity index (χ3n) is 11.0. The van der Waals surface area contributed by atoms with Crippen LogP contribution in [0.5, 0.6) is 0 Å². The molecule has 1 atom stereocenters. The molecule has 4 aromatic heterocycles. The highest BCUT2D eigenvalue weighted by molar-refractivity contribution is 5.93. The van der Waals surface area contributed by atoms with E-state index in [-0.39, 0.29) is 36.0 Å². The second-order valence-corrected chi connectivity index (χ2v) is 15.7. The van der Waals surface area contributed by atoms with E-state index in [1.54, 1.807) is 21.2 Å². The van der Waals surface area contributed by atoms with Gasteiger partial charge >= 0.3 is 0 Å². The maximum Gasteiger partial charge on any atom is 0.282 e. The van der Waals surface area contributed by atoms with Crippen molar-refractivity contribution < 1.29 is 32.3 Å². The number of fused-ring (bicyclic) bond motifs is 2. The fraction of sp³-hybridized carbons (Fsp3) is 0.191. The Morgan fingerprint density at radius 2 is 1.09 bits per heavy atom. The van der Waals surface area contributed by atoms with Crippen molar-refractivity contribution in [2.75, 3.05) is 46.6 Å². The van der Waals surface area contributed by atoms with Crippen molar-refractivity contribution in [2.24, 2.45) is 0 Å². The number of amides is 2. The third kappa shape index (κ3) is 9.53. The van der Waals surface area contributed by atoms with Gasteiger partial charge in [-0.25, -0.2) is 36.6 Å². The number of pyridine rings is 2. The quantitative estimate of drug-likeness (QED) is 0.119. The molecular weight excluding hydrogens is 829 g/mol. The van der Waals surface area contributed by atoms with Crippen LogP contribution in [0.1, 0.15) is 17.5 Å². The molecular formula is C47H40F4N10O3. The molecule has 2 aliphatic rings. The smallest absolute Gasteiger partial charge is 0.282 e. The van der Waals surface area contributed by atoms with Gasteiger partial charge in [0.1, 0.15) is 24.3 Å². The molecule has 0 saturated carbocycles. The Balaban J connectivity index is 0.000000162. The predicted octanol–water partition coefficient (Wildman–Crippen LogP) is 7.46. The Bertz CT molecular complexity index is 2970. The van der Waals surface area contributed by atoms with Crippen LogP contribution in [0, 0.1) is 11.6 Å². The van der Waals surface area contributed by atoms with Crippen LogP contribution in [0.2, 0.25) is 0 Å². The number of nitrogens with zero attached hydrogens (tertiary/aromatic N) is 8. The second-order valence-electron chi connectivity index (χ2n) is 15.7. The van der Waals surface area contributed by atoms with Gasteiger partial charge in [-0.2, -0.15) is 10.2 Å². The molecule has 13 nitrogen and oxygen atoms in total. The number of halogens is 4. The summed E-state index contributed by atoms with van der Waals surface area (Å²) in [4.78, 5) is 36.3. The minimum Gasteiger partial charge on any atom is -0.391 e. The molecule has 2 saturated heterocycles. The van der Waals surface area contributed by atoms with Crippen molar-refractivity contribution in [3.05, 3.63) is 157 Å². The number of alkyl halides is 2. The number of carbonyl (C=O) groups is 2. The molecule has 8 aromatic rings. The molecule has 2 amide bonds. The summed E-state index contributed by atoms with van der Waals surface area (Å²) < 4.78 is 58.2. The Kier molecular flexibility index (Phi) is 11.5. The number of hydrogen-bond acceptors (Lipinski definition) is 9. The van der Waals surface area contributed by atoms with Gasteiger partial charge in [0.05, 0.1) is 43.4 Å². The summed E-state index contributed by atoms with van der Waals surface area (Å²) in [7, 11) is 0. The molecule has 64 heavy (non-hydrogen) atoms. The maximum absolute atomic E-state index is 14.5. The molecule has 4 aromatic carbocycles. The van der Waals surface area contributed by atoms with Crippen LogP contribution in [0.25, 0.3) is 33.5 Å². The van der Waals surface area contributed by atoms with Crippen molar-refractivity contribution >= 4 is 45.9 Å². The molecule has 0 radical (unpaired) electrons. The van der Waals surface area contributed by atoms with Gasteiger partial charge in [-0.05, 0) is 100 Å². The first-order valence-corrected chi connectivity index (χ1v) is 20.4. The van der Waals surface area contributed by atoms with Crippen molar-refractivity contribution in [3.8, 4) is 22.3 Å². The number of aliphatic hydroxyl groups is 1. The zero-order chi connectivity index (χ0) is 44.4. The van der Waals surface area contributed by atoms with Crippen molar-refractivity contribution in [1.29, 1.82) is 0 Å². The molecule has 0 bridgehead atoms. The molecule has 1 unspecified atom stereocenters. The average Bonchev–Trinajstić information content (AvgIpc) is 4.05. The summed E-state index contributed by atoms with van der Waals surface area (Å²) in [5, 5.41) is 23.2. The lowest BCUT2D eigenvalue weighted by Crippen LogP contribution is -2.56. The fourth-order valence-electron chi connectivity index (χ4n) is 7.73. The highest BCUT2D eigenvalue weighted by Crippen LogP contribution is 2.34. The van der Waals surface area contributed by atoms with E-state index in [4.69, 9.17) is 0 Å². The van der Waals surface area contributed by atoms with Gasteiger partial charge in [0, 0.05) is 36.9 Å². The molecule has 0 aliphatic carbocycles. The van der Waals surface area contributed by atoms with Crippen molar-refractivity contribution in [3.63, 3.8) is 0 Å². The number of aliphatic hydroxyl groups excluding tert-OH is 1. The average molecular weight is 869 g/mol. The number of aromatic nitrogens is 6. The third-order valence-corrected chi connectivity index (χ3v) is 11.0. The van der Waals surface area contributed by atoms with E-state index in [1.807, 2.05) is 90.1 Å².